The van der Waals surface area contributed by atoms with Crippen LogP contribution in [0, 0.1) is 5.82 Å². The lowest BCUT2D eigenvalue weighted by atomic mass is 10.2. The number of rotatable bonds is 2. The van der Waals surface area contributed by atoms with E-state index >= 15 is 0 Å². The van der Waals surface area contributed by atoms with Crippen LogP contribution in [0.25, 0.3) is 6.08 Å². The van der Waals surface area contributed by atoms with E-state index in [4.69, 9.17) is 11.6 Å². The highest BCUT2D eigenvalue weighted by Gasteiger charge is 2.24. The van der Waals surface area contributed by atoms with Crippen molar-refractivity contribution in [3.63, 3.8) is 0 Å². The number of phenolic OH excluding ortho intramolecular Hbond substituents is 1. The Balaban J connectivity index is 1.86. The maximum Gasteiger partial charge on any atom is 0.264 e. The van der Waals surface area contributed by atoms with Crippen molar-refractivity contribution in [2.75, 3.05) is 0 Å². The number of amidine groups is 1. The highest BCUT2D eigenvalue weighted by atomic mass is 35.5. The number of nitrogens with one attached hydrogen (secondary N) is 1. The molecule has 7 heteroatoms. The highest BCUT2D eigenvalue weighted by molar-refractivity contribution is 8.18. The Labute approximate surface area is 140 Å². The van der Waals surface area contributed by atoms with Crippen molar-refractivity contribution in [1.82, 2.24) is 5.32 Å². The molecule has 0 atom stereocenters. The van der Waals surface area contributed by atoms with Gasteiger partial charge in [0.15, 0.2) is 5.17 Å². The molecule has 1 heterocycles. The molecule has 2 aromatic carbocycles. The zero-order valence-electron chi connectivity index (χ0n) is 11.6. The van der Waals surface area contributed by atoms with Gasteiger partial charge < -0.3 is 10.4 Å². The maximum atomic E-state index is 12.9. The van der Waals surface area contributed by atoms with Gasteiger partial charge in [0.2, 0.25) is 0 Å². The van der Waals surface area contributed by atoms with Gasteiger partial charge in [0.1, 0.15) is 11.6 Å². The van der Waals surface area contributed by atoms with Gasteiger partial charge in [0.05, 0.1) is 15.6 Å². The maximum absolute atomic E-state index is 12.9. The minimum atomic E-state index is -0.351. The van der Waals surface area contributed by atoms with Crippen LogP contribution >= 0.6 is 23.4 Å². The quantitative estimate of drug-likeness (QED) is 0.804. The van der Waals surface area contributed by atoms with Gasteiger partial charge in [-0.3, -0.25) is 4.79 Å². The lowest BCUT2D eigenvalue weighted by molar-refractivity contribution is -0.115. The Morgan fingerprint density at radius 3 is 2.70 bits per heavy atom. The summed E-state index contributed by atoms with van der Waals surface area (Å²) in [7, 11) is 0. The predicted octanol–water partition coefficient (Wildman–Crippen LogP) is 4.08. The molecule has 0 aliphatic carbocycles. The molecule has 4 nitrogen and oxygen atoms in total. The summed E-state index contributed by atoms with van der Waals surface area (Å²) in [6.45, 7) is 0. The minimum Gasteiger partial charge on any atom is -0.506 e. The van der Waals surface area contributed by atoms with Gasteiger partial charge in [-0.25, -0.2) is 9.38 Å². The van der Waals surface area contributed by atoms with E-state index in [-0.39, 0.29) is 22.5 Å². The van der Waals surface area contributed by atoms with Crippen molar-refractivity contribution in [3.8, 4) is 5.75 Å². The molecule has 0 aromatic heterocycles. The molecule has 23 heavy (non-hydrogen) atoms. The van der Waals surface area contributed by atoms with Crippen LogP contribution in [0.5, 0.6) is 5.75 Å². The molecule has 3 rings (SSSR count). The van der Waals surface area contributed by atoms with E-state index in [1.165, 1.54) is 30.3 Å². The van der Waals surface area contributed by atoms with E-state index in [1.807, 2.05) is 0 Å². The van der Waals surface area contributed by atoms with Gasteiger partial charge >= 0.3 is 0 Å². The molecule has 1 aliphatic rings. The van der Waals surface area contributed by atoms with E-state index in [0.717, 1.165) is 11.8 Å². The summed E-state index contributed by atoms with van der Waals surface area (Å²) in [5.41, 5.74) is 1.07. The number of benzene rings is 2. The average Bonchev–Trinajstić information content (AvgIpc) is 2.86. The lowest BCUT2D eigenvalue weighted by Gasteiger charge is -2.00. The molecule has 2 aromatic rings. The number of hydrogen-bond donors (Lipinski definition) is 2. The summed E-state index contributed by atoms with van der Waals surface area (Å²) in [6.07, 6.45) is 1.58. The van der Waals surface area contributed by atoms with Crippen LogP contribution in [0.4, 0.5) is 10.1 Å². The zero-order chi connectivity index (χ0) is 16.4. The number of halogens is 2. The average molecular weight is 349 g/mol. The van der Waals surface area contributed by atoms with Crippen LogP contribution in [-0.4, -0.2) is 16.2 Å². The number of aliphatic imine (C=N–C) groups is 1. The largest absolute Gasteiger partial charge is 0.506 e. The van der Waals surface area contributed by atoms with Gasteiger partial charge in [-0.05, 0) is 53.7 Å². The van der Waals surface area contributed by atoms with Crippen molar-refractivity contribution in [2.45, 2.75) is 0 Å². The SMILES string of the molecule is O=C1NC(=Nc2ccc(F)cc2)SC1=Cc1cccc(O)c1Cl. The summed E-state index contributed by atoms with van der Waals surface area (Å²) in [4.78, 5) is 16.6. The fourth-order valence-electron chi connectivity index (χ4n) is 1.90. The van der Waals surface area contributed by atoms with Gasteiger partial charge in [-0.2, -0.15) is 0 Å². The third kappa shape index (κ3) is 3.55. The summed E-state index contributed by atoms with van der Waals surface area (Å²) >= 11 is 7.14. The number of thioether (sulfide) groups is 1. The summed E-state index contributed by atoms with van der Waals surface area (Å²) in [6, 6.07) is 10.4. The lowest BCUT2D eigenvalue weighted by Crippen LogP contribution is -2.19. The second-order valence-corrected chi connectivity index (χ2v) is 6.05. The Morgan fingerprint density at radius 1 is 1.22 bits per heavy atom. The van der Waals surface area contributed by atoms with Gasteiger partial charge in [0.25, 0.3) is 5.91 Å². The first-order valence-electron chi connectivity index (χ1n) is 6.55. The van der Waals surface area contributed by atoms with Crippen LogP contribution < -0.4 is 5.32 Å². The van der Waals surface area contributed by atoms with E-state index in [9.17, 15) is 14.3 Å². The van der Waals surface area contributed by atoms with E-state index in [0.29, 0.717) is 21.3 Å². The molecule has 1 saturated heterocycles. The second-order valence-electron chi connectivity index (χ2n) is 4.64. The zero-order valence-corrected chi connectivity index (χ0v) is 13.2. The smallest absolute Gasteiger partial charge is 0.264 e. The van der Waals surface area contributed by atoms with Crippen molar-refractivity contribution in [2.24, 2.45) is 4.99 Å². The summed E-state index contributed by atoms with van der Waals surface area (Å²) in [5, 5.41) is 12.8. The van der Waals surface area contributed by atoms with Crippen LogP contribution in [0.2, 0.25) is 5.02 Å². The molecular weight excluding hydrogens is 339 g/mol. The van der Waals surface area contributed by atoms with Crippen LogP contribution in [0.3, 0.4) is 0 Å². The first-order chi connectivity index (χ1) is 11.0. The van der Waals surface area contributed by atoms with Crippen molar-refractivity contribution in [3.05, 3.63) is 63.8 Å². The normalized spacial score (nSPS) is 17.7. The summed E-state index contributed by atoms with van der Waals surface area (Å²) < 4.78 is 12.9. The van der Waals surface area contributed by atoms with Crippen LogP contribution in [0.15, 0.2) is 52.4 Å². The number of carbonyl (C=O) groups is 1. The van der Waals surface area contributed by atoms with Crippen molar-refractivity contribution >= 4 is 46.2 Å². The molecule has 0 bridgehead atoms. The molecule has 0 saturated carbocycles. The first kappa shape index (κ1) is 15.6. The molecule has 1 aliphatic heterocycles. The van der Waals surface area contributed by atoms with E-state index in [2.05, 4.69) is 10.3 Å². The third-order valence-corrected chi connectivity index (χ3v) is 4.32. The monoisotopic (exact) mass is 348 g/mol. The Bertz CT molecular complexity index is 834. The van der Waals surface area contributed by atoms with Crippen molar-refractivity contribution in [1.29, 1.82) is 0 Å². The minimum absolute atomic E-state index is 0.0513. The van der Waals surface area contributed by atoms with E-state index < -0.39 is 0 Å². The van der Waals surface area contributed by atoms with Crippen LogP contribution in [-0.2, 0) is 4.79 Å². The Hall–Kier alpha value is -2.31. The number of phenols is 1. The van der Waals surface area contributed by atoms with E-state index in [1.54, 1.807) is 18.2 Å². The Kier molecular flexibility index (Phi) is 4.36. The van der Waals surface area contributed by atoms with Gasteiger partial charge in [-0.1, -0.05) is 23.7 Å². The number of amides is 1. The molecule has 0 spiro atoms. The van der Waals surface area contributed by atoms with Gasteiger partial charge in [0, 0.05) is 0 Å². The first-order valence-corrected chi connectivity index (χ1v) is 7.75. The number of hydrogen-bond acceptors (Lipinski definition) is 4. The predicted molar refractivity (Wildman–Crippen MR) is 90.3 cm³/mol. The topological polar surface area (TPSA) is 61.7 Å². The fraction of sp³-hybridized carbons (Fsp3) is 0. The molecule has 1 amide bonds. The Morgan fingerprint density at radius 2 is 1.96 bits per heavy atom. The molecular formula is C16H10ClFN2O2S. The van der Waals surface area contributed by atoms with Gasteiger partial charge in [-0.15, -0.1) is 0 Å². The standard InChI is InChI=1S/C16H10ClFN2O2S/c17-14-9(2-1-3-12(14)21)8-13-15(22)20-16(23-13)19-11-6-4-10(18)5-7-11/h1-8,21H,(H,19,20,22). The molecule has 1 fully saturated rings. The molecule has 116 valence electrons. The number of nitrogens with zero attached hydrogens (tertiary/aromatic N) is 1. The summed E-state index contributed by atoms with van der Waals surface area (Å²) in [5.74, 6) is -0.712. The fourth-order valence-corrected chi connectivity index (χ4v) is 2.92. The third-order valence-electron chi connectivity index (χ3n) is 3.00. The molecule has 0 radical (unpaired) electrons. The molecule has 0 unspecified atom stereocenters. The number of carbonyl (C=O) groups excluding carboxylic acids is 1. The van der Waals surface area contributed by atoms with Crippen molar-refractivity contribution < 1.29 is 14.3 Å². The highest BCUT2D eigenvalue weighted by Crippen LogP contribution is 2.32. The van der Waals surface area contributed by atoms with Crippen LogP contribution in [0.1, 0.15) is 5.56 Å². The molecule has 2 N–H and O–H groups in total. The number of aromatic hydroxyl groups is 1. The second kappa shape index (κ2) is 6.44.